The first-order chi connectivity index (χ1) is 14.2. The summed E-state index contributed by atoms with van der Waals surface area (Å²) >= 11 is 0. The van der Waals surface area contributed by atoms with Crippen molar-refractivity contribution in [3.8, 4) is 0 Å². The first-order valence-electron chi connectivity index (χ1n) is 12.3. The molecule has 0 rings (SSSR count). The van der Waals surface area contributed by atoms with E-state index in [0.29, 0.717) is 19.6 Å². The predicted molar refractivity (Wildman–Crippen MR) is 121 cm³/mol. The van der Waals surface area contributed by atoms with Gasteiger partial charge in [0.1, 0.15) is 12.7 Å². The average Bonchev–Trinajstić information content (AvgIpc) is 2.72. The molecular formula is C24H49NO4. The summed E-state index contributed by atoms with van der Waals surface area (Å²) in [5.74, 6) is -0.222. The molecule has 0 aliphatic rings. The molecule has 29 heavy (non-hydrogen) atoms. The molecule has 1 atom stereocenters. The first kappa shape index (κ1) is 28.4. The maximum atomic E-state index is 11.7. The highest BCUT2D eigenvalue weighted by Gasteiger charge is 2.09. The van der Waals surface area contributed by atoms with Crippen LogP contribution in [0.1, 0.15) is 116 Å². The van der Waals surface area contributed by atoms with Crippen molar-refractivity contribution in [2.24, 2.45) is 5.73 Å². The highest BCUT2D eigenvalue weighted by atomic mass is 16.5. The van der Waals surface area contributed by atoms with Gasteiger partial charge in [-0.15, -0.1) is 0 Å². The van der Waals surface area contributed by atoms with Crippen LogP contribution in [0.15, 0.2) is 0 Å². The van der Waals surface area contributed by atoms with Gasteiger partial charge in [-0.3, -0.25) is 4.79 Å². The van der Waals surface area contributed by atoms with Crippen molar-refractivity contribution in [2.45, 2.75) is 122 Å². The topological polar surface area (TPSA) is 81.8 Å². The molecule has 0 saturated carbocycles. The Morgan fingerprint density at radius 3 is 1.72 bits per heavy atom. The summed E-state index contributed by atoms with van der Waals surface area (Å²) in [6, 6.07) is 0. The summed E-state index contributed by atoms with van der Waals surface area (Å²) in [6.45, 7) is 3.57. The van der Waals surface area contributed by atoms with Crippen molar-refractivity contribution < 1.29 is 19.4 Å². The van der Waals surface area contributed by atoms with Gasteiger partial charge in [0.25, 0.3) is 0 Å². The third-order valence-corrected chi connectivity index (χ3v) is 5.22. The summed E-state index contributed by atoms with van der Waals surface area (Å²) in [5, 5.41) is 9.67. The molecule has 0 bridgehead atoms. The summed E-state index contributed by atoms with van der Waals surface area (Å²) in [5.41, 5.74) is 5.36. The van der Waals surface area contributed by atoms with Gasteiger partial charge >= 0.3 is 5.97 Å². The number of carbonyl (C=O) groups is 1. The lowest BCUT2D eigenvalue weighted by Crippen LogP contribution is -2.24. The van der Waals surface area contributed by atoms with Crippen LogP contribution in [-0.2, 0) is 14.3 Å². The molecule has 0 aromatic rings. The molecule has 0 saturated heterocycles. The molecule has 174 valence electrons. The van der Waals surface area contributed by atoms with Crippen LogP contribution in [0.4, 0.5) is 0 Å². The third-order valence-electron chi connectivity index (χ3n) is 5.22. The number of nitrogens with two attached hydrogens (primary N) is 1. The Kier molecular flexibility index (Phi) is 23.1. The fourth-order valence-corrected chi connectivity index (χ4v) is 3.35. The SMILES string of the molecule is CCCCCCCCCCCCCCCCCC(=O)OCC(O)COCCCN. The Bertz CT molecular complexity index is 339. The van der Waals surface area contributed by atoms with E-state index >= 15 is 0 Å². The largest absolute Gasteiger partial charge is 0.463 e. The molecule has 0 aromatic carbocycles. The van der Waals surface area contributed by atoms with E-state index in [9.17, 15) is 9.90 Å². The van der Waals surface area contributed by atoms with Crippen LogP contribution >= 0.6 is 0 Å². The number of ether oxygens (including phenoxy) is 2. The van der Waals surface area contributed by atoms with E-state index in [1.54, 1.807) is 0 Å². The average molecular weight is 416 g/mol. The van der Waals surface area contributed by atoms with Crippen LogP contribution in [0.25, 0.3) is 0 Å². The van der Waals surface area contributed by atoms with Crippen LogP contribution < -0.4 is 5.73 Å². The van der Waals surface area contributed by atoms with Gasteiger partial charge in [-0.1, -0.05) is 96.8 Å². The minimum Gasteiger partial charge on any atom is -0.463 e. The maximum Gasteiger partial charge on any atom is 0.305 e. The monoisotopic (exact) mass is 415 g/mol. The molecule has 0 radical (unpaired) electrons. The van der Waals surface area contributed by atoms with E-state index in [2.05, 4.69) is 6.92 Å². The molecule has 3 N–H and O–H groups in total. The highest BCUT2D eigenvalue weighted by Crippen LogP contribution is 2.13. The van der Waals surface area contributed by atoms with Gasteiger partial charge in [-0.05, 0) is 19.4 Å². The Labute approximate surface area is 180 Å². The van der Waals surface area contributed by atoms with Gasteiger partial charge in [0.2, 0.25) is 0 Å². The lowest BCUT2D eigenvalue weighted by molar-refractivity contribution is -0.147. The minimum atomic E-state index is -0.752. The zero-order chi connectivity index (χ0) is 21.4. The Hall–Kier alpha value is -0.650. The Morgan fingerprint density at radius 1 is 0.759 bits per heavy atom. The summed E-state index contributed by atoms with van der Waals surface area (Å²) < 4.78 is 10.3. The number of unbranched alkanes of at least 4 members (excludes halogenated alkanes) is 14. The molecule has 0 aliphatic heterocycles. The van der Waals surface area contributed by atoms with Gasteiger partial charge in [0.15, 0.2) is 0 Å². The van der Waals surface area contributed by atoms with E-state index in [0.717, 1.165) is 19.3 Å². The lowest BCUT2D eigenvalue weighted by atomic mass is 10.0. The van der Waals surface area contributed by atoms with Crippen molar-refractivity contribution in [3.63, 3.8) is 0 Å². The van der Waals surface area contributed by atoms with Crippen LogP contribution in [-0.4, -0.2) is 43.5 Å². The van der Waals surface area contributed by atoms with Crippen LogP contribution in [0.2, 0.25) is 0 Å². The van der Waals surface area contributed by atoms with Crippen LogP contribution in [0, 0.1) is 0 Å². The van der Waals surface area contributed by atoms with Crippen molar-refractivity contribution in [2.75, 3.05) is 26.4 Å². The molecule has 0 heterocycles. The predicted octanol–water partition coefficient (Wildman–Crippen LogP) is 5.52. The number of hydrogen-bond donors (Lipinski definition) is 2. The van der Waals surface area contributed by atoms with E-state index in [1.165, 1.54) is 83.5 Å². The van der Waals surface area contributed by atoms with Crippen LogP contribution in [0.5, 0.6) is 0 Å². The summed E-state index contributed by atoms with van der Waals surface area (Å²) in [6.07, 6.45) is 20.1. The number of aliphatic hydroxyl groups is 1. The molecule has 0 aliphatic carbocycles. The van der Waals surface area contributed by atoms with Crippen LogP contribution in [0.3, 0.4) is 0 Å². The first-order valence-corrected chi connectivity index (χ1v) is 12.3. The quantitative estimate of drug-likeness (QED) is 0.170. The number of aliphatic hydroxyl groups excluding tert-OH is 1. The third kappa shape index (κ3) is 23.5. The van der Waals surface area contributed by atoms with Gasteiger partial charge in [-0.2, -0.15) is 0 Å². The van der Waals surface area contributed by atoms with Gasteiger partial charge in [-0.25, -0.2) is 0 Å². The van der Waals surface area contributed by atoms with E-state index in [-0.39, 0.29) is 19.2 Å². The molecule has 0 aromatic heterocycles. The molecule has 0 spiro atoms. The van der Waals surface area contributed by atoms with Crippen molar-refractivity contribution in [1.29, 1.82) is 0 Å². The molecule has 0 amide bonds. The standard InChI is InChI=1S/C24H49NO4/c1-2-3-4-5-6-7-8-9-10-11-12-13-14-15-16-18-24(27)29-22-23(26)21-28-20-17-19-25/h23,26H,2-22,25H2,1H3. The molecule has 5 nitrogen and oxygen atoms in total. The zero-order valence-corrected chi connectivity index (χ0v) is 19.2. The van der Waals surface area contributed by atoms with Gasteiger partial charge in [0, 0.05) is 13.0 Å². The van der Waals surface area contributed by atoms with E-state index in [1.807, 2.05) is 0 Å². The van der Waals surface area contributed by atoms with E-state index < -0.39 is 6.10 Å². The number of hydrogen-bond acceptors (Lipinski definition) is 5. The second-order valence-electron chi connectivity index (χ2n) is 8.25. The number of rotatable bonds is 23. The second kappa shape index (κ2) is 23.6. The zero-order valence-electron chi connectivity index (χ0n) is 19.2. The molecule has 0 fully saturated rings. The normalized spacial score (nSPS) is 12.2. The fourth-order valence-electron chi connectivity index (χ4n) is 3.35. The Balaban J connectivity index is 3.22. The maximum absolute atomic E-state index is 11.7. The van der Waals surface area contributed by atoms with Gasteiger partial charge < -0.3 is 20.3 Å². The smallest absolute Gasteiger partial charge is 0.305 e. The number of carbonyl (C=O) groups excluding carboxylic acids is 1. The molecule has 1 unspecified atom stereocenters. The molecule has 5 heteroatoms. The lowest BCUT2D eigenvalue weighted by Gasteiger charge is -2.11. The summed E-state index contributed by atoms with van der Waals surface area (Å²) in [7, 11) is 0. The minimum absolute atomic E-state index is 0.0141. The summed E-state index contributed by atoms with van der Waals surface area (Å²) in [4.78, 5) is 11.7. The highest BCUT2D eigenvalue weighted by molar-refractivity contribution is 5.69. The van der Waals surface area contributed by atoms with Gasteiger partial charge in [0.05, 0.1) is 6.61 Å². The molecular weight excluding hydrogens is 366 g/mol. The number of esters is 1. The van der Waals surface area contributed by atoms with Crippen molar-refractivity contribution >= 4 is 5.97 Å². The second-order valence-corrected chi connectivity index (χ2v) is 8.25. The van der Waals surface area contributed by atoms with Crippen molar-refractivity contribution in [3.05, 3.63) is 0 Å². The van der Waals surface area contributed by atoms with E-state index in [4.69, 9.17) is 15.2 Å². The fraction of sp³-hybridized carbons (Fsp3) is 0.958. The van der Waals surface area contributed by atoms with Crippen molar-refractivity contribution in [1.82, 2.24) is 0 Å². The Morgan fingerprint density at radius 2 is 1.24 bits per heavy atom.